The zero-order valence-corrected chi connectivity index (χ0v) is 11.4. The van der Waals surface area contributed by atoms with Gasteiger partial charge in [-0.05, 0) is 53.8 Å². The van der Waals surface area contributed by atoms with Crippen molar-refractivity contribution < 1.29 is 4.74 Å². The molecule has 1 atom stereocenters. The molecule has 0 saturated heterocycles. The number of ether oxygens (including phenoxy) is 1. The number of aromatic nitrogens is 2. The smallest absolute Gasteiger partial charge is 0.232 e. The van der Waals surface area contributed by atoms with Gasteiger partial charge in [-0.1, -0.05) is 0 Å². The minimum absolute atomic E-state index is 0.600. The summed E-state index contributed by atoms with van der Waals surface area (Å²) in [5.74, 6) is 0. The van der Waals surface area contributed by atoms with Crippen molar-refractivity contribution in [1.29, 1.82) is 0 Å². The van der Waals surface area contributed by atoms with Crippen molar-refractivity contribution in [2.24, 2.45) is 5.11 Å². The summed E-state index contributed by atoms with van der Waals surface area (Å²) >= 11 is 0. The summed E-state index contributed by atoms with van der Waals surface area (Å²) in [6.45, 7) is 3.93. The molecule has 0 bridgehead atoms. The third kappa shape index (κ3) is 2.01. The lowest BCUT2D eigenvalue weighted by atomic mass is 9.93. The summed E-state index contributed by atoms with van der Waals surface area (Å²) < 4.78 is 5.33. The van der Waals surface area contributed by atoms with E-state index in [1.165, 1.54) is 5.56 Å². The van der Waals surface area contributed by atoms with E-state index in [4.69, 9.17) is 10.3 Å². The minimum Gasteiger partial charge on any atom is -0.470 e. The standard InChI is InChI=1S/C15H15N4O/c1-9-8-20-15(19-16)10(2)13(9)6-11-7-18-14-12(11)4-3-5-17-14/h3-5,7-8,15H,6H2,1-2H3,(H,17,18). The van der Waals surface area contributed by atoms with Crippen molar-refractivity contribution in [3.05, 3.63) is 53.1 Å². The van der Waals surface area contributed by atoms with E-state index in [-0.39, 0.29) is 0 Å². The molecular formula is C15H15N4O. The van der Waals surface area contributed by atoms with Crippen molar-refractivity contribution in [1.82, 2.24) is 15.5 Å². The van der Waals surface area contributed by atoms with Gasteiger partial charge < -0.3 is 9.72 Å². The number of fused-ring (bicyclic) bond motifs is 1. The Labute approximate surface area is 116 Å². The maximum Gasteiger partial charge on any atom is 0.232 e. The number of aromatic amines is 1. The molecule has 20 heavy (non-hydrogen) atoms. The average molecular weight is 267 g/mol. The van der Waals surface area contributed by atoms with Crippen molar-refractivity contribution in [2.45, 2.75) is 26.5 Å². The highest BCUT2D eigenvalue weighted by Gasteiger charge is 2.21. The molecule has 3 rings (SSSR count). The maximum atomic E-state index is 8.98. The number of H-pyrrole nitrogens is 1. The lowest BCUT2D eigenvalue weighted by Gasteiger charge is -2.22. The number of nitrogens with one attached hydrogen (secondary N) is 1. The van der Waals surface area contributed by atoms with Gasteiger partial charge in [0.15, 0.2) is 0 Å². The van der Waals surface area contributed by atoms with Crippen LogP contribution in [0.15, 0.2) is 52.6 Å². The molecule has 1 aliphatic heterocycles. The highest BCUT2D eigenvalue weighted by atomic mass is 16.5. The van der Waals surface area contributed by atoms with Crippen LogP contribution < -0.4 is 5.53 Å². The summed E-state index contributed by atoms with van der Waals surface area (Å²) in [5, 5.41) is 4.38. The van der Waals surface area contributed by atoms with E-state index in [1.807, 2.05) is 26.1 Å². The quantitative estimate of drug-likeness (QED) is 0.868. The van der Waals surface area contributed by atoms with Gasteiger partial charge in [0.05, 0.1) is 6.26 Å². The Balaban J connectivity index is 2.01. The van der Waals surface area contributed by atoms with E-state index in [0.29, 0.717) is 0 Å². The van der Waals surface area contributed by atoms with E-state index < -0.39 is 6.23 Å². The van der Waals surface area contributed by atoms with Crippen LogP contribution in [0.25, 0.3) is 11.0 Å². The first-order chi connectivity index (χ1) is 9.70. The molecule has 0 aromatic carbocycles. The molecule has 0 aliphatic carbocycles. The molecule has 101 valence electrons. The fourth-order valence-corrected chi connectivity index (χ4v) is 2.54. The number of hydrogen-bond acceptors (Lipinski definition) is 3. The van der Waals surface area contributed by atoms with Crippen LogP contribution in [0.4, 0.5) is 0 Å². The van der Waals surface area contributed by atoms with Crippen LogP contribution in [0.2, 0.25) is 0 Å². The Hall–Kier alpha value is -2.43. The summed E-state index contributed by atoms with van der Waals surface area (Å²) in [4.78, 5) is 7.47. The Morgan fingerprint density at radius 1 is 1.45 bits per heavy atom. The Kier molecular flexibility index (Phi) is 3.10. The molecule has 0 fully saturated rings. The SMILES string of the molecule is CC1=COC(N=[N])C(C)=C1Cc1c[nH]c2ncccc12. The lowest BCUT2D eigenvalue weighted by Crippen LogP contribution is -2.16. The molecule has 1 unspecified atom stereocenters. The lowest BCUT2D eigenvalue weighted by molar-refractivity contribution is 0.169. The second kappa shape index (κ2) is 4.92. The predicted octanol–water partition coefficient (Wildman–Crippen LogP) is 2.93. The zero-order chi connectivity index (χ0) is 14.1. The molecule has 5 nitrogen and oxygen atoms in total. The topological polar surface area (TPSA) is 72.6 Å². The van der Waals surface area contributed by atoms with Crippen LogP contribution in [-0.2, 0) is 11.2 Å². The van der Waals surface area contributed by atoms with Crippen molar-refractivity contribution >= 4 is 11.0 Å². The molecule has 1 aliphatic rings. The molecule has 5 heteroatoms. The third-order valence-corrected chi connectivity index (χ3v) is 3.71. The van der Waals surface area contributed by atoms with Gasteiger partial charge in [-0.3, -0.25) is 0 Å². The van der Waals surface area contributed by atoms with Crippen molar-refractivity contribution in [2.75, 3.05) is 0 Å². The van der Waals surface area contributed by atoms with Crippen molar-refractivity contribution in [3.63, 3.8) is 0 Å². The largest absolute Gasteiger partial charge is 0.470 e. The van der Waals surface area contributed by atoms with Gasteiger partial charge >= 0.3 is 0 Å². The normalized spacial score (nSPS) is 18.9. The van der Waals surface area contributed by atoms with Crippen LogP contribution in [0.5, 0.6) is 0 Å². The molecular weight excluding hydrogens is 252 g/mol. The van der Waals surface area contributed by atoms with E-state index in [2.05, 4.69) is 21.1 Å². The fraction of sp³-hybridized carbons (Fsp3) is 0.267. The first-order valence-corrected chi connectivity index (χ1v) is 6.48. The van der Waals surface area contributed by atoms with E-state index >= 15 is 0 Å². The number of allylic oxidation sites excluding steroid dienone is 2. The van der Waals surface area contributed by atoms with Gasteiger partial charge in [0.2, 0.25) is 6.23 Å². The van der Waals surface area contributed by atoms with Crippen LogP contribution in [0, 0.1) is 0 Å². The van der Waals surface area contributed by atoms with E-state index in [0.717, 1.165) is 34.2 Å². The molecule has 3 heterocycles. The molecule has 1 radical (unpaired) electrons. The zero-order valence-electron chi connectivity index (χ0n) is 11.4. The highest BCUT2D eigenvalue weighted by Crippen LogP contribution is 2.29. The second-order valence-corrected chi connectivity index (χ2v) is 4.96. The van der Waals surface area contributed by atoms with Gasteiger partial charge in [0.25, 0.3) is 0 Å². The number of pyridine rings is 1. The van der Waals surface area contributed by atoms with E-state index in [1.54, 1.807) is 12.5 Å². The summed E-state index contributed by atoms with van der Waals surface area (Å²) in [6, 6.07) is 3.98. The average Bonchev–Trinajstić information content (AvgIpc) is 2.87. The molecule has 1 N–H and O–H groups in total. The molecule has 0 spiro atoms. The molecule has 2 aromatic rings. The number of hydrogen-bond donors (Lipinski definition) is 1. The Morgan fingerprint density at radius 2 is 2.30 bits per heavy atom. The predicted molar refractivity (Wildman–Crippen MR) is 75.7 cm³/mol. The van der Waals surface area contributed by atoms with Gasteiger partial charge in [-0.2, -0.15) is 0 Å². The number of rotatable bonds is 3. The van der Waals surface area contributed by atoms with Crippen LogP contribution in [0.3, 0.4) is 0 Å². The Morgan fingerprint density at radius 3 is 3.10 bits per heavy atom. The summed E-state index contributed by atoms with van der Waals surface area (Å²) in [6.07, 6.45) is 5.56. The second-order valence-electron chi connectivity index (χ2n) is 4.96. The van der Waals surface area contributed by atoms with Gasteiger partial charge in [0.1, 0.15) is 5.65 Å². The fourth-order valence-electron chi connectivity index (χ4n) is 2.54. The number of nitrogens with zero attached hydrogens (tertiary/aromatic N) is 3. The molecule has 2 aromatic heterocycles. The summed E-state index contributed by atoms with van der Waals surface area (Å²) in [7, 11) is 0. The van der Waals surface area contributed by atoms with Crippen LogP contribution in [-0.4, -0.2) is 16.2 Å². The highest BCUT2D eigenvalue weighted by molar-refractivity contribution is 5.80. The third-order valence-electron chi connectivity index (χ3n) is 3.71. The summed E-state index contributed by atoms with van der Waals surface area (Å²) in [5.41, 5.74) is 14.2. The molecule has 0 saturated carbocycles. The first kappa shape index (κ1) is 12.6. The van der Waals surface area contributed by atoms with Crippen LogP contribution in [0.1, 0.15) is 19.4 Å². The maximum absolute atomic E-state index is 8.98. The monoisotopic (exact) mass is 267 g/mol. The van der Waals surface area contributed by atoms with Crippen LogP contribution >= 0.6 is 0 Å². The van der Waals surface area contributed by atoms with E-state index in [9.17, 15) is 0 Å². The van der Waals surface area contributed by atoms with Gasteiger partial charge in [-0.15, -0.1) is 5.11 Å². The van der Waals surface area contributed by atoms with Gasteiger partial charge in [-0.25, -0.2) is 4.98 Å². The first-order valence-electron chi connectivity index (χ1n) is 6.48. The van der Waals surface area contributed by atoms with Crippen molar-refractivity contribution in [3.8, 4) is 0 Å². The minimum atomic E-state index is -0.600. The molecule has 0 amide bonds. The Bertz CT molecular complexity index is 726. The van der Waals surface area contributed by atoms with Gasteiger partial charge in [0, 0.05) is 24.2 Å².